The minimum Gasteiger partial charge on any atom is -0.359 e. The molecule has 0 spiro atoms. The number of hydrogen-bond acceptors (Lipinski definition) is 2. The second-order valence-electron chi connectivity index (χ2n) is 3.80. The van der Waals surface area contributed by atoms with Crippen LogP contribution in [0.3, 0.4) is 0 Å². The Morgan fingerprint density at radius 3 is 2.88 bits per heavy atom. The quantitative estimate of drug-likeness (QED) is 0.828. The lowest BCUT2D eigenvalue weighted by molar-refractivity contribution is -0.120. The number of fused-ring (bicyclic) bond motifs is 1. The van der Waals surface area contributed by atoms with Crippen LogP contribution in [0.15, 0.2) is 30.3 Å². The standard InChI is InChI=1S/C13H14N2O/c1-9-4-3-5-10-6-7-11(15-13(9)10)8-12(16)14-2/h3-7H,8H2,1-2H3,(H,14,16). The van der Waals surface area contributed by atoms with Gasteiger partial charge in [-0.1, -0.05) is 24.3 Å². The van der Waals surface area contributed by atoms with Crippen molar-refractivity contribution >= 4 is 16.8 Å². The monoisotopic (exact) mass is 214 g/mol. The van der Waals surface area contributed by atoms with Crippen molar-refractivity contribution in [2.75, 3.05) is 7.05 Å². The number of aromatic nitrogens is 1. The fourth-order valence-corrected chi connectivity index (χ4v) is 1.69. The lowest BCUT2D eigenvalue weighted by atomic mass is 10.1. The summed E-state index contributed by atoms with van der Waals surface area (Å²) >= 11 is 0. The first-order chi connectivity index (χ1) is 7.70. The lowest BCUT2D eigenvalue weighted by Crippen LogP contribution is -2.20. The summed E-state index contributed by atoms with van der Waals surface area (Å²) < 4.78 is 0. The predicted molar refractivity (Wildman–Crippen MR) is 64.3 cm³/mol. The number of amides is 1. The zero-order valence-electron chi connectivity index (χ0n) is 9.45. The molecule has 3 heteroatoms. The molecule has 0 atom stereocenters. The van der Waals surface area contributed by atoms with E-state index in [-0.39, 0.29) is 5.91 Å². The second kappa shape index (κ2) is 4.31. The van der Waals surface area contributed by atoms with Gasteiger partial charge >= 0.3 is 0 Å². The van der Waals surface area contributed by atoms with E-state index in [9.17, 15) is 4.79 Å². The van der Waals surface area contributed by atoms with Crippen LogP contribution in [-0.2, 0) is 11.2 Å². The van der Waals surface area contributed by atoms with E-state index in [1.54, 1.807) is 7.05 Å². The van der Waals surface area contributed by atoms with E-state index >= 15 is 0 Å². The number of rotatable bonds is 2. The third kappa shape index (κ3) is 2.03. The summed E-state index contributed by atoms with van der Waals surface area (Å²) in [7, 11) is 1.63. The molecule has 1 amide bonds. The van der Waals surface area contributed by atoms with Crippen LogP contribution in [-0.4, -0.2) is 17.9 Å². The number of para-hydroxylation sites is 1. The van der Waals surface area contributed by atoms with Gasteiger partial charge in [-0.15, -0.1) is 0 Å². The van der Waals surface area contributed by atoms with Crippen molar-refractivity contribution in [3.05, 3.63) is 41.6 Å². The van der Waals surface area contributed by atoms with Crippen LogP contribution in [0.25, 0.3) is 10.9 Å². The zero-order valence-corrected chi connectivity index (χ0v) is 9.45. The van der Waals surface area contributed by atoms with Gasteiger partial charge in [-0.05, 0) is 18.6 Å². The van der Waals surface area contributed by atoms with Crippen molar-refractivity contribution in [2.45, 2.75) is 13.3 Å². The first-order valence-corrected chi connectivity index (χ1v) is 5.26. The predicted octanol–water partition coefficient (Wildman–Crippen LogP) is 1.83. The number of pyridine rings is 1. The maximum atomic E-state index is 11.3. The van der Waals surface area contributed by atoms with Crippen LogP contribution in [0.1, 0.15) is 11.3 Å². The molecule has 82 valence electrons. The first-order valence-electron chi connectivity index (χ1n) is 5.26. The van der Waals surface area contributed by atoms with Gasteiger partial charge in [-0.2, -0.15) is 0 Å². The van der Waals surface area contributed by atoms with Gasteiger partial charge in [0.25, 0.3) is 0 Å². The van der Waals surface area contributed by atoms with Gasteiger partial charge in [-0.25, -0.2) is 0 Å². The van der Waals surface area contributed by atoms with Crippen molar-refractivity contribution in [2.24, 2.45) is 0 Å². The topological polar surface area (TPSA) is 42.0 Å². The fraction of sp³-hybridized carbons (Fsp3) is 0.231. The fourth-order valence-electron chi connectivity index (χ4n) is 1.69. The number of hydrogen-bond donors (Lipinski definition) is 1. The van der Waals surface area contributed by atoms with Gasteiger partial charge in [0, 0.05) is 12.4 Å². The molecule has 0 saturated heterocycles. The summed E-state index contributed by atoms with van der Waals surface area (Å²) in [6.45, 7) is 2.03. The summed E-state index contributed by atoms with van der Waals surface area (Å²) in [6, 6.07) is 9.97. The molecular weight excluding hydrogens is 200 g/mol. The molecule has 0 aliphatic rings. The number of nitrogens with one attached hydrogen (secondary N) is 1. The Morgan fingerprint density at radius 2 is 2.12 bits per heavy atom. The molecule has 1 heterocycles. The van der Waals surface area contributed by atoms with E-state index in [1.165, 1.54) is 0 Å². The van der Waals surface area contributed by atoms with E-state index in [2.05, 4.69) is 10.3 Å². The molecule has 2 aromatic rings. The SMILES string of the molecule is CNC(=O)Cc1ccc2cccc(C)c2n1. The van der Waals surface area contributed by atoms with E-state index in [0.29, 0.717) is 6.42 Å². The Bertz CT molecular complexity index is 534. The van der Waals surface area contributed by atoms with E-state index < -0.39 is 0 Å². The summed E-state index contributed by atoms with van der Waals surface area (Å²) in [5.41, 5.74) is 2.92. The number of likely N-dealkylation sites (N-methyl/N-ethyl adjacent to an activating group) is 1. The molecule has 1 N–H and O–H groups in total. The van der Waals surface area contributed by atoms with Gasteiger partial charge in [0.2, 0.25) is 5.91 Å². The molecule has 2 rings (SSSR count). The van der Waals surface area contributed by atoms with Crippen LogP contribution in [0, 0.1) is 6.92 Å². The van der Waals surface area contributed by atoms with E-state index in [4.69, 9.17) is 0 Å². The average molecular weight is 214 g/mol. The summed E-state index contributed by atoms with van der Waals surface area (Å²) in [5, 5.41) is 3.71. The summed E-state index contributed by atoms with van der Waals surface area (Å²) in [5.74, 6) is -0.0135. The van der Waals surface area contributed by atoms with Crippen LogP contribution in [0.2, 0.25) is 0 Å². The number of benzene rings is 1. The summed E-state index contributed by atoms with van der Waals surface area (Å²) in [6.07, 6.45) is 0.334. The minimum atomic E-state index is -0.0135. The Balaban J connectivity index is 2.43. The molecule has 0 aliphatic carbocycles. The smallest absolute Gasteiger partial charge is 0.225 e. The number of aryl methyl sites for hydroxylation is 1. The van der Waals surface area contributed by atoms with Crippen molar-refractivity contribution in [3.8, 4) is 0 Å². The highest BCUT2D eigenvalue weighted by atomic mass is 16.1. The molecule has 1 aromatic carbocycles. The van der Waals surface area contributed by atoms with Crippen LogP contribution in [0.4, 0.5) is 0 Å². The number of carbonyl (C=O) groups excluding carboxylic acids is 1. The van der Waals surface area contributed by atoms with E-state index in [1.807, 2.05) is 37.3 Å². The van der Waals surface area contributed by atoms with Crippen molar-refractivity contribution in [3.63, 3.8) is 0 Å². The van der Waals surface area contributed by atoms with Crippen LogP contribution >= 0.6 is 0 Å². The molecule has 0 radical (unpaired) electrons. The highest BCUT2D eigenvalue weighted by molar-refractivity contribution is 5.83. The molecule has 3 nitrogen and oxygen atoms in total. The maximum Gasteiger partial charge on any atom is 0.225 e. The molecule has 0 fully saturated rings. The summed E-state index contributed by atoms with van der Waals surface area (Å²) in [4.78, 5) is 15.8. The molecular formula is C13H14N2O. The number of carbonyl (C=O) groups is 1. The molecule has 0 bridgehead atoms. The molecule has 16 heavy (non-hydrogen) atoms. The molecule has 0 aliphatic heterocycles. The third-order valence-corrected chi connectivity index (χ3v) is 2.60. The Kier molecular flexibility index (Phi) is 2.86. The third-order valence-electron chi connectivity index (χ3n) is 2.60. The molecule has 1 aromatic heterocycles. The Labute approximate surface area is 94.5 Å². The Morgan fingerprint density at radius 1 is 1.31 bits per heavy atom. The van der Waals surface area contributed by atoms with Crippen molar-refractivity contribution < 1.29 is 4.79 Å². The second-order valence-corrected chi connectivity index (χ2v) is 3.80. The van der Waals surface area contributed by atoms with Gasteiger partial charge in [0.15, 0.2) is 0 Å². The average Bonchev–Trinajstić information content (AvgIpc) is 2.30. The lowest BCUT2D eigenvalue weighted by Gasteiger charge is -2.04. The van der Waals surface area contributed by atoms with Crippen LogP contribution < -0.4 is 5.32 Å². The molecule has 0 saturated carbocycles. The highest BCUT2D eigenvalue weighted by Gasteiger charge is 2.04. The Hall–Kier alpha value is -1.90. The minimum absolute atomic E-state index is 0.0135. The maximum absolute atomic E-state index is 11.3. The number of nitrogens with zero attached hydrogens (tertiary/aromatic N) is 1. The normalized spacial score (nSPS) is 10.4. The van der Waals surface area contributed by atoms with E-state index in [0.717, 1.165) is 22.2 Å². The van der Waals surface area contributed by atoms with Crippen molar-refractivity contribution in [1.29, 1.82) is 0 Å². The highest BCUT2D eigenvalue weighted by Crippen LogP contribution is 2.16. The first kappa shape index (κ1) is 10.6. The van der Waals surface area contributed by atoms with Crippen LogP contribution in [0.5, 0.6) is 0 Å². The zero-order chi connectivity index (χ0) is 11.5. The van der Waals surface area contributed by atoms with Gasteiger partial charge < -0.3 is 5.32 Å². The largest absolute Gasteiger partial charge is 0.359 e. The van der Waals surface area contributed by atoms with Gasteiger partial charge in [-0.3, -0.25) is 9.78 Å². The molecule has 0 unspecified atom stereocenters. The van der Waals surface area contributed by atoms with Gasteiger partial charge in [0.05, 0.1) is 17.6 Å². The van der Waals surface area contributed by atoms with Crippen molar-refractivity contribution in [1.82, 2.24) is 10.3 Å². The van der Waals surface area contributed by atoms with Gasteiger partial charge in [0.1, 0.15) is 0 Å².